The molecule has 7 heteroatoms. The van der Waals surface area contributed by atoms with Crippen molar-refractivity contribution in [1.29, 1.82) is 0 Å². The maximum absolute atomic E-state index is 13.4. The second kappa shape index (κ2) is 6.17. The molecule has 0 saturated carbocycles. The van der Waals surface area contributed by atoms with Gasteiger partial charge in [0.15, 0.2) is 0 Å². The van der Waals surface area contributed by atoms with Gasteiger partial charge >= 0.3 is 5.69 Å². The van der Waals surface area contributed by atoms with Gasteiger partial charge in [-0.15, -0.1) is 0 Å². The van der Waals surface area contributed by atoms with Crippen molar-refractivity contribution in [3.8, 4) is 0 Å². The molecule has 3 N–H and O–H groups in total. The Bertz CT molecular complexity index is 780. The van der Waals surface area contributed by atoms with E-state index in [0.29, 0.717) is 11.3 Å². The summed E-state index contributed by atoms with van der Waals surface area (Å²) in [5, 5.41) is 2.43. The molecular formula is C14H14FN3O3. The fourth-order valence-corrected chi connectivity index (χ4v) is 1.94. The van der Waals surface area contributed by atoms with Gasteiger partial charge in [0.05, 0.1) is 5.69 Å². The second-order valence-corrected chi connectivity index (χ2v) is 4.54. The number of hydrogen-bond donors (Lipinski definition) is 3. The number of nitrogens with one attached hydrogen (secondary N) is 3. The number of carbonyl (C=O) groups is 1. The highest BCUT2D eigenvalue weighted by atomic mass is 19.1. The molecule has 1 amide bonds. The van der Waals surface area contributed by atoms with Crippen LogP contribution in [-0.2, 0) is 11.2 Å². The van der Waals surface area contributed by atoms with Crippen LogP contribution < -0.4 is 16.6 Å². The minimum atomic E-state index is -0.586. The number of benzene rings is 1. The summed E-state index contributed by atoms with van der Waals surface area (Å²) in [5.74, 6) is -0.936. The molecule has 0 bridgehead atoms. The van der Waals surface area contributed by atoms with Gasteiger partial charge in [-0.25, -0.2) is 9.18 Å². The Balaban J connectivity index is 2.04. The first-order valence-electron chi connectivity index (χ1n) is 6.34. The van der Waals surface area contributed by atoms with Gasteiger partial charge < -0.3 is 10.3 Å². The van der Waals surface area contributed by atoms with Crippen LogP contribution in [0.2, 0.25) is 0 Å². The van der Waals surface area contributed by atoms with Crippen LogP contribution in [-0.4, -0.2) is 15.9 Å². The van der Waals surface area contributed by atoms with Gasteiger partial charge in [-0.3, -0.25) is 14.6 Å². The molecule has 0 radical (unpaired) electrons. The Morgan fingerprint density at radius 2 is 1.95 bits per heavy atom. The minimum absolute atomic E-state index is 0.00426. The van der Waals surface area contributed by atoms with Gasteiger partial charge in [-0.1, -0.05) is 12.1 Å². The zero-order valence-corrected chi connectivity index (χ0v) is 11.3. The van der Waals surface area contributed by atoms with E-state index in [4.69, 9.17) is 0 Å². The quantitative estimate of drug-likeness (QED) is 0.786. The van der Waals surface area contributed by atoms with Gasteiger partial charge in [0, 0.05) is 17.7 Å². The molecule has 0 saturated heterocycles. The van der Waals surface area contributed by atoms with E-state index in [1.165, 1.54) is 18.2 Å². The molecule has 1 aromatic carbocycles. The van der Waals surface area contributed by atoms with Crippen LogP contribution >= 0.6 is 0 Å². The van der Waals surface area contributed by atoms with Crippen molar-refractivity contribution in [2.45, 2.75) is 19.8 Å². The average Bonchev–Trinajstić information content (AvgIpc) is 2.40. The second-order valence-electron chi connectivity index (χ2n) is 4.54. The third-order valence-corrected chi connectivity index (χ3v) is 3.00. The molecule has 110 valence electrons. The standard InChI is InChI=1S/C14H14FN3O3/c1-8-9(13(20)18-14(21)16-8)6-7-12(19)17-11-5-3-2-4-10(11)15/h2-5H,6-7H2,1H3,(H,17,19)(H2,16,18,20,21). The van der Waals surface area contributed by atoms with Crippen LogP contribution in [0.25, 0.3) is 0 Å². The molecule has 0 aliphatic carbocycles. The zero-order valence-electron chi connectivity index (χ0n) is 11.3. The van der Waals surface area contributed by atoms with Crippen LogP contribution in [0.3, 0.4) is 0 Å². The fraction of sp³-hybridized carbons (Fsp3) is 0.214. The lowest BCUT2D eigenvalue weighted by Crippen LogP contribution is -2.27. The molecule has 0 aliphatic heterocycles. The van der Waals surface area contributed by atoms with E-state index in [0.717, 1.165) is 0 Å². The summed E-state index contributed by atoms with van der Waals surface area (Å²) in [5.41, 5.74) is -0.262. The monoisotopic (exact) mass is 291 g/mol. The summed E-state index contributed by atoms with van der Waals surface area (Å²) in [7, 11) is 0. The third-order valence-electron chi connectivity index (χ3n) is 3.00. The van der Waals surface area contributed by atoms with Crippen LogP contribution in [0.1, 0.15) is 17.7 Å². The number of hydrogen-bond acceptors (Lipinski definition) is 3. The first-order valence-corrected chi connectivity index (χ1v) is 6.34. The highest BCUT2D eigenvalue weighted by Gasteiger charge is 2.10. The summed E-state index contributed by atoms with van der Waals surface area (Å²) in [6.07, 6.45) is 0.155. The number of para-hydroxylation sites is 1. The Morgan fingerprint density at radius 3 is 2.62 bits per heavy atom. The maximum Gasteiger partial charge on any atom is 0.325 e. The Kier molecular flexibility index (Phi) is 4.32. The molecule has 0 spiro atoms. The van der Waals surface area contributed by atoms with Gasteiger partial charge in [0.1, 0.15) is 5.82 Å². The molecule has 0 atom stereocenters. The number of aromatic nitrogens is 2. The molecule has 0 aliphatic rings. The number of aryl methyl sites for hydroxylation is 1. The Labute approximate surface area is 119 Å². The number of carbonyl (C=O) groups excluding carboxylic acids is 1. The molecule has 1 aromatic heterocycles. The van der Waals surface area contributed by atoms with Crippen LogP contribution in [0.15, 0.2) is 33.9 Å². The molecule has 6 nitrogen and oxygen atoms in total. The van der Waals surface area contributed by atoms with Crippen molar-refractivity contribution in [3.05, 3.63) is 62.2 Å². The molecule has 1 heterocycles. The summed E-state index contributed by atoms with van der Waals surface area (Å²) in [6.45, 7) is 1.58. The topological polar surface area (TPSA) is 94.8 Å². The fourth-order valence-electron chi connectivity index (χ4n) is 1.94. The highest BCUT2D eigenvalue weighted by Crippen LogP contribution is 2.13. The van der Waals surface area contributed by atoms with Crippen LogP contribution in [0.4, 0.5) is 10.1 Å². The largest absolute Gasteiger partial charge is 0.325 e. The average molecular weight is 291 g/mol. The smallest absolute Gasteiger partial charge is 0.324 e. The number of aromatic amines is 2. The lowest BCUT2D eigenvalue weighted by molar-refractivity contribution is -0.116. The van der Waals surface area contributed by atoms with Gasteiger partial charge in [0.25, 0.3) is 5.56 Å². The van der Waals surface area contributed by atoms with E-state index in [1.807, 2.05) is 0 Å². The number of H-pyrrole nitrogens is 2. The third kappa shape index (κ3) is 3.65. The zero-order chi connectivity index (χ0) is 15.4. The Morgan fingerprint density at radius 1 is 1.24 bits per heavy atom. The van der Waals surface area contributed by atoms with E-state index in [2.05, 4.69) is 15.3 Å². The summed E-state index contributed by atoms with van der Waals surface area (Å²) >= 11 is 0. The summed E-state index contributed by atoms with van der Waals surface area (Å²) < 4.78 is 13.4. The van der Waals surface area contributed by atoms with E-state index < -0.39 is 23.0 Å². The van der Waals surface area contributed by atoms with Crippen LogP contribution in [0.5, 0.6) is 0 Å². The number of halogens is 1. The molecule has 21 heavy (non-hydrogen) atoms. The molecule has 0 fully saturated rings. The molecular weight excluding hydrogens is 277 g/mol. The summed E-state index contributed by atoms with van der Waals surface area (Å²) in [4.78, 5) is 39.0. The van der Waals surface area contributed by atoms with E-state index in [-0.39, 0.29) is 18.5 Å². The lowest BCUT2D eigenvalue weighted by Gasteiger charge is -2.07. The van der Waals surface area contributed by atoms with E-state index in [1.54, 1.807) is 13.0 Å². The van der Waals surface area contributed by atoms with Crippen molar-refractivity contribution in [3.63, 3.8) is 0 Å². The first-order chi connectivity index (χ1) is 9.97. The lowest BCUT2D eigenvalue weighted by atomic mass is 10.1. The molecule has 0 unspecified atom stereocenters. The Hall–Kier alpha value is -2.70. The molecule has 2 rings (SSSR count). The molecule has 2 aromatic rings. The van der Waals surface area contributed by atoms with Crippen LogP contribution in [0, 0.1) is 12.7 Å². The van der Waals surface area contributed by atoms with Gasteiger partial charge in [-0.2, -0.15) is 0 Å². The van der Waals surface area contributed by atoms with Crippen molar-refractivity contribution >= 4 is 11.6 Å². The maximum atomic E-state index is 13.4. The predicted octanol–water partition coefficient (Wildman–Crippen LogP) is 1.08. The summed E-state index contributed by atoms with van der Waals surface area (Å²) in [6, 6.07) is 5.82. The van der Waals surface area contributed by atoms with Gasteiger partial charge in [0.2, 0.25) is 5.91 Å². The van der Waals surface area contributed by atoms with E-state index >= 15 is 0 Å². The van der Waals surface area contributed by atoms with Gasteiger partial charge in [-0.05, 0) is 25.5 Å². The van der Waals surface area contributed by atoms with Crippen molar-refractivity contribution in [2.24, 2.45) is 0 Å². The van der Waals surface area contributed by atoms with Crippen molar-refractivity contribution < 1.29 is 9.18 Å². The number of amides is 1. The normalized spacial score (nSPS) is 10.4. The highest BCUT2D eigenvalue weighted by molar-refractivity contribution is 5.90. The number of rotatable bonds is 4. The SMILES string of the molecule is Cc1[nH]c(=O)[nH]c(=O)c1CCC(=O)Nc1ccccc1F. The van der Waals surface area contributed by atoms with E-state index in [9.17, 15) is 18.8 Å². The first kappa shape index (κ1) is 14.7. The number of anilines is 1. The van der Waals surface area contributed by atoms with Crippen molar-refractivity contribution in [2.75, 3.05) is 5.32 Å². The predicted molar refractivity (Wildman–Crippen MR) is 75.8 cm³/mol. The minimum Gasteiger partial charge on any atom is -0.324 e. The van der Waals surface area contributed by atoms with Crippen molar-refractivity contribution in [1.82, 2.24) is 9.97 Å².